The van der Waals surface area contributed by atoms with Gasteiger partial charge in [0.15, 0.2) is 0 Å². The van der Waals surface area contributed by atoms with E-state index in [-0.39, 0.29) is 5.56 Å². The Bertz CT molecular complexity index is 712. The molecule has 1 amide bonds. The van der Waals surface area contributed by atoms with Crippen molar-refractivity contribution in [2.24, 2.45) is 0 Å². The van der Waals surface area contributed by atoms with Crippen LogP contribution in [0.2, 0.25) is 0 Å². The van der Waals surface area contributed by atoms with Gasteiger partial charge in [-0.3, -0.25) is 4.79 Å². The lowest BCUT2D eigenvalue weighted by Gasteiger charge is -2.30. The molecule has 2 aromatic rings. The summed E-state index contributed by atoms with van der Waals surface area (Å²) in [5.41, 5.74) is 1.24. The molecule has 1 aliphatic rings. The zero-order chi connectivity index (χ0) is 16.2. The topological polar surface area (TPSA) is 32.3 Å². The van der Waals surface area contributed by atoms with E-state index in [1.54, 1.807) is 6.07 Å². The van der Waals surface area contributed by atoms with Gasteiger partial charge in [-0.1, -0.05) is 12.1 Å². The molecule has 0 aliphatic carbocycles. The van der Waals surface area contributed by atoms with Gasteiger partial charge in [-0.25, -0.2) is 8.78 Å². The molecule has 0 bridgehead atoms. The first-order valence-corrected chi connectivity index (χ1v) is 7.75. The van der Waals surface area contributed by atoms with Crippen molar-refractivity contribution in [2.75, 3.05) is 23.3 Å². The molecule has 0 atom stereocenters. The van der Waals surface area contributed by atoms with Crippen LogP contribution in [0.25, 0.3) is 0 Å². The van der Waals surface area contributed by atoms with Crippen molar-refractivity contribution in [1.29, 1.82) is 0 Å². The molecule has 1 heterocycles. The molecular weight excluding hydrogens is 298 g/mol. The number of carbonyl (C=O) groups is 1. The van der Waals surface area contributed by atoms with Gasteiger partial charge in [0.05, 0.1) is 16.9 Å². The van der Waals surface area contributed by atoms with E-state index in [1.807, 2.05) is 18.2 Å². The molecule has 3 nitrogen and oxygen atoms in total. The van der Waals surface area contributed by atoms with Crippen LogP contribution >= 0.6 is 0 Å². The smallest absolute Gasteiger partial charge is 0.258 e. The highest BCUT2D eigenvalue weighted by atomic mass is 19.1. The van der Waals surface area contributed by atoms with Gasteiger partial charge < -0.3 is 10.2 Å². The number of anilines is 2. The molecule has 1 saturated heterocycles. The highest BCUT2D eigenvalue weighted by molar-refractivity contribution is 6.06. The van der Waals surface area contributed by atoms with Gasteiger partial charge in [-0.2, -0.15) is 0 Å². The Balaban J connectivity index is 1.85. The molecule has 120 valence electrons. The molecule has 1 aliphatic heterocycles. The van der Waals surface area contributed by atoms with Gasteiger partial charge in [-0.05, 0) is 49.6 Å². The summed E-state index contributed by atoms with van der Waals surface area (Å²) in [6.07, 6.45) is 3.43. The maximum absolute atomic E-state index is 13.7. The number of hydrogen-bond acceptors (Lipinski definition) is 2. The lowest BCUT2D eigenvalue weighted by molar-refractivity contribution is 0.102. The van der Waals surface area contributed by atoms with Gasteiger partial charge in [0.1, 0.15) is 11.6 Å². The van der Waals surface area contributed by atoms with E-state index < -0.39 is 17.5 Å². The highest BCUT2D eigenvalue weighted by Gasteiger charge is 2.18. The Labute approximate surface area is 133 Å². The number of piperidine rings is 1. The molecule has 0 aromatic heterocycles. The van der Waals surface area contributed by atoms with Crippen molar-refractivity contribution in [3.05, 3.63) is 59.7 Å². The number of nitrogens with one attached hydrogen (secondary N) is 1. The van der Waals surface area contributed by atoms with E-state index in [4.69, 9.17) is 0 Å². The third-order valence-corrected chi connectivity index (χ3v) is 4.02. The number of carbonyl (C=O) groups excluding carboxylic acids is 1. The van der Waals surface area contributed by atoms with Gasteiger partial charge >= 0.3 is 0 Å². The minimum Gasteiger partial charge on any atom is -0.370 e. The Hall–Kier alpha value is -2.43. The molecule has 2 aromatic carbocycles. The van der Waals surface area contributed by atoms with E-state index in [0.717, 1.165) is 49.8 Å². The quantitative estimate of drug-likeness (QED) is 0.920. The third-order valence-electron chi connectivity index (χ3n) is 4.02. The van der Waals surface area contributed by atoms with E-state index in [0.29, 0.717) is 5.69 Å². The van der Waals surface area contributed by atoms with E-state index in [9.17, 15) is 13.6 Å². The predicted molar refractivity (Wildman–Crippen MR) is 86.8 cm³/mol. The van der Waals surface area contributed by atoms with Crippen LogP contribution in [0.4, 0.5) is 20.2 Å². The number of hydrogen-bond donors (Lipinski definition) is 1. The van der Waals surface area contributed by atoms with Crippen LogP contribution in [0.5, 0.6) is 0 Å². The fourth-order valence-corrected chi connectivity index (χ4v) is 2.85. The van der Waals surface area contributed by atoms with Crippen molar-refractivity contribution in [3.63, 3.8) is 0 Å². The Morgan fingerprint density at radius 2 is 1.74 bits per heavy atom. The fourth-order valence-electron chi connectivity index (χ4n) is 2.85. The molecule has 1 N–H and O–H groups in total. The van der Waals surface area contributed by atoms with Crippen LogP contribution in [0, 0.1) is 11.6 Å². The average Bonchev–Trinajstić information content (AvgIpc) is 2.58. The normalized spacial score (nSPS) is 14.6. The average molecular weight is 316 g/mol. The van der Waals surface area contributed by atoms with Gasteiger partial charge in [0.25, 0.3) is 5.91 Å². The van der Waals surface area contributed by atoms with E-state index in [2.05, 4.69) is 10.2 Å². The summed E-state index contributed by atoms with van der Waals surface area (Å²) in [5, 5.41) is 2.70. The standard InChI is InChI=1S/C18H18F2N2O/c19-13-8-9-15(20)14(12-13)18(23)21-16-6-2-3-7-17(16)22-10-4-1-5-11-22/h2-3,6-9,12H,1,4-5,10-11H2,(H,21,23). The van der Waals surface area contributed by atoms with Crippen LogP contribution in [0.1, 0.15) is 29.6 Å². The largest absolute Gasteiger partial charge is 0.370 e. The molecule has 5 heteroatoms. The second-order valence-electron chi connectivity index (χ2n) is 5.64. The van der Waals surface area contributed by atoms with Gasteiger partial charge in [-0.15, -0.1) is 0 Å². The number of nitrogens with zero attached hydrogens (tertiary/aromatic N) is 1. The van der Waals surface area contributed by atoms with Crippen LogP contribution in [-0.2, 0) is 0 Å². The third kappa shape index (κ3) is 3.50. The summed E-state index contributed by atoms with van der Waals surface area (Å²) < 4.78 is 27.0. The second-order valence-corrected chi connectivity index (χ2v) is 5.64. The SMILES string of the molecule is O=C(Nc1ccccc1N1CCCCC1)c1cc(F)ccc1F. The highest BCUT2D eigenvalue weighted by Crippen LogP contribution is 2.28. The first kappa shape index (κ1) is 15.5. The summed E-state index contributed by atoms with van der Waals surface area (Å²) >= 11 is 0. The zero-order valence-electron chi connectivity index (χ0n) is 12.7. The minimum atomic E-state index is -0.737. The van der Waals surface area contributed by atoms with Crippen molar-refractivity contribution in [1.82, 2.24) is 0 Å². The van der Waals surface area contributed by atoms with Crippen molar-refractivity contribution in [3.8, 4) is 0 Å². The molecule has 0 saturated carbocycles. The van der Waals surface area contributed by atoms with Crippen LogP contribution in [0.3, 0.4) is 0 Å². The summed E-state index contributed by atoms with van der Waals surface area (Å²) in [7, 11) is 0. The fraction of sp³-hybridized carbons (Fsp3) is 0.278. The lowest BCUT2D eigenvalue weighted by Crippen LogP contribution is -2.30. The summed E-state index contributed by atoms with van der Waals surface area (Å²) in [6.45, 7) is 1.86. The second kappa shape index (κ2) is 6.77. The summed E-state index contributed by atoms with van der Waals surface area (Å²) in [6, 6.07) is 10.3. The van der Waals surface area contributed by atoms with Crippen LogP contribution < -0.4 is 10.2 Å². The Kier molecular flexibility index (Phi) is 4.55. The van der Waals surface area contributed by atoms with Crippen molar-refractivity contribution in [2.45, 2.75) is 19.3 Å². The molecule has 0 unspecified atom stereocenters. The first-order chi connectivity index (χ1) is 11.1. The summed E-state index contributed by atoms with van der Waals surface area (Å²) in [4.78, 5) is 14.5. The number of para-hydroxylation sites is 2. The van der Waals surface area contributed by atoms with Crippen molar-refractivity contribution < 1.29 is 13.6 Å². The van der Waals surface area contributed by atoms with Gasteiger partial charge in [0, 0.05) is 13.1 Å². The molecule has 1 fully saturated rings. The van der Waals surface area contributed by atoms with E-state index in [1.165, 1.54) is 6.42 Å². The number of benzene rings is 2. The van der Waals surface area contributed by atoms with Gasteiger partial charge in [0.2, 0.25) is 0 Å². The zero-order valence-corrected chi connectivity index (χ0v) is 12.7. The predicted octanol–water partition coefficient (Wildman–Crippen LogP) is 4.21. The Morgan fingerprint density at radius 1 is 1.00 bits per heavy atom. The van der Waals surface area contributed by atoms with E-state index >= 15 is 0 Å². The monoisotopic (exact) mass is 316 g/mol. The van der Waals surface area contributed by atoms with Crippen molar-refractivity contribution >= 4 is 17.3 Å². The molecule has 0 radical (unpaired) electrons. The number of halogens is 2. The molecule has 3 rings (SSSR count). The first-order valence-electron chi connectivity index (χ1n) is 7.75. The molecule has 23 heavy (non-hydrogen) atoms. The number of rotatable bonds is 3. The lowest BCUT2D eigenvalue weighted by atomic mass is 10.1. The molecule has 0 spiro atoms. The maximum Gasteiger partial charge on any atom is 0.258 e. The van der Waals surface area contributed by atoms with Crippen LogP contribution in [-0.4, -0.2) is 19.0 Å². The van der Waals surface area contributed by atoms with Crippen LogP contribution in [0.15, 0.2) is 42.5 Å². The number of amides is 1. The minimum absolute atomic E-state index is 0.293. The summed E-state index contributed by atoms with van der Waals surface area (Å²) in [5.74, 6) is -2.02. The molecular formula is C18H18F2N2O. The maximum atomic E-state index is 13.7. The Morgan fingerprint density at radius 3 is 2.52 bits per heavy atom.